The zero-order chi connectivity index (χ0) is 19.3. The molecule has 0 saturated heterocycles. The first-order valence-electron chi connectivity index (χ1n) is 9.28. The van der Waals surface area contributed by atoms with Crippen molar-refractivity contribution in [3.05, 3.63) is 11.9 Å². The Balaban J connectivity index is 2.49. The number of nitrogens with one attached hydrogen (secondary N) is 1. The quantitative estimate of drug-likeness (QED) is 0.573. The predicted octanol–water partition coefficient (Wildman–Crippen LogP) is 3.45. The Morgan fingerprint density at radius 2 is 1.84 bits per heavy atom. The maximum absolute atomic E-state index is 12.4. The Labute approximate surface area is 152 Å². The van der Waals surface area contributed by atoms with Crippen molar-refractivity contribution in [1.29, 1.82) is 0 Å². The number of aromatic nitrogens is 3. The van der Waals surface area contributed by atoms with Gasteiger partial charge in [-0.25, -0.2) is 0 Å². The molecule has 0 aliphatic carbocycles. The normalized spacial score (nSPS) is 14.0. The fraction of sp³-hybridized carbons (Fsp3) is 0.842. The highest BCUT2D eigenvalue weighted by molar-refractivity contribution is 5.76. The van der Waals surface area contributed by atoms with Gasteiger partial charge in [-0.15, -0.1) is 5.10 Å². The maximum atomic E-state index is 12.4. The summed E-state index contributed by atoms with van der Waals surface area (Å²) in [6.45, 7) is 17.0. The third-order valence-corrected chi connectivity index (χ3v) is 3.66. The van der Waals surface area contributed by atoms with Gasteiger partial charge in [0.15, 0.2) is 0 Å². The average molecular weight is 353 g/mol. The zero-order valence-electron chi connectivity index (χ0n) is 17.2. The number of ether oxygens (including phenoxy) is 1. The van der Waals surface area contributed by atoms with Crippen molar-refractivity contribution >= 4 is 5.97 Å². The number of carbonyl (C=O) groups excluding carboxylic acids is 1. The van der Waals surface area contributed by atoms with Crippen molar-refractivity contribution in [2.45, 2.75) is 104 Å². The van der Waals surface area contributed by atoms with Crippen LogP contribution in [-0.2, 0) is 21.5 Å². The van der Waals surface area contributed by atoms with Crippen LogP contribution in [0.3, 0.4) is 0 Å². The second-order valence-electron chi connectivity index (χ2n) is 9.02. The van der Waals surface area contributed by atoms with Crippen LogP contribution in [0.25, 0.3) is 0 Å². The molecule has 0 aromatic carbocycles. The third kappa shape index (κ3) is 8.47. The predicted molar refractivity (Wildman–Crippen MR) is 100 cm³/mol. The number of hydrogen-bond acceptors (Lipinski definition) is 5. The lowest BCUT2D eigenvalue weighted by Gasteiger charge is -2.25. The minimum atomic E-state index is -0.460. The first-order valence-corrected chi connectivity index (χ1v) is 9.28. The Bertz CT molecular complexity index is 538. The Morgan fingerprint density at radius 1 is 1.20 bits per heavy atom. The Morgan fingerprint density at radius 3 is 2.32 bits per heavy atom. The van der Waals surface area contributed by atoms with Crippen molar-refractivity contribution in [2.75, 3.05) is 0 Å². The van der Waals surface area contributed by atoms with Crippen LogP contribution in [0.5, 0.6) is 0 Å². The highest BCUT2D eigenvalue weighted by Crippen LogP contribution is 2.19. The van der Waals surface area contributed by atoms with Gasteiger partial charge in [0.2, 0.25) is 0 Å². The van der Waals surface area contributed by atoms with E-state index in [0.29, 0.717) is 0 Å². The minimum Gasteiger partial charge on any atom is -0.459 e. The molecule has 1 N–H and O–H groups in total. The van der Waals surface area contributed by atoms with Crippen LogP contribution in [0.4, 0.5) is 0 Å². The summed E-state index contributed by atoms with van der Waals surface area (Å²) in [4.78, 5) is 12.4. The number of rotatable bonds is 8. The monoisotopic (exact) mass is 352 g/mol. The van der Waals surface area contributed by atoms with Crippen molar-refractivity contribution < 1.29 is 9.53 Å². The molecule has 6 nitrogen and oxygen atoms in total. The van der Waals surface area contributed by atoms with Gasteiger partial charge < -0.3 is 10.1 Å². The molecule has 0 aliphatic heterocycles. The smallest absolute Gasteiger partial charge is 0.323 e. The maximum Gasteiger partial charge on any atom is 0.323 e. The Kier molecular flexibility index (Phi) is 7.60. The Hall–Kier alpha value is -1.43. The molecule has 0 spiro atoms. The third-order valence-electron chi connectivity index (χ3n) is 3.66. The summed E-state index contributed by atoms with van der Waals surface area (Å²) in [5, 5.41) is 11.7. The number of esters is 1. The number of aryl methyl sites for hydroxylation is 1. The first kappa shape index (κ1) is 21.6. The van der Waals surface area contributed by atoms with E-state index >= 15 is 0 Å². The molecule has 0 amide bonds. The average Bonchev–Trinajstić information content (AvgIpc) is 2.88. The van der Waals surface area contributed by atoms with Crippen molar-refractivity contribution in [2.24, 2.45) is 0 Å². The van der Waals surface area contributed by atoms with Crippen LogP contribution in [0.15, 0.2) is 6.20 Å². The van der Waals surface area contributed by atoms with Gasteiger partial charge in [0.25, 0.3) is 0 Å². The van der Waals surface area contributed by atoms with Crippen molar-refractivity contribution in [3.8, 4) is 0 Å². The summed E-state index contributed by atoms with van der Waals surface area (Å²) in [5.74, 6) is -0.169. The molecule has 144 valence electrons. The van der Waals surface area contributed by atoms with Crippen LogP contribution < -0.4 is 5.32 Å². The van der Waals surface area contributed by atoms with E-state index in [1.807, 2.05) is 45.5 Å². The molecular weight excluding hydrogens is 316 g/mol. The van der Waals surface area contributed by atoms with Crippen LogP contribution in [0, 0.1) is 0 Å². The molecule has 0 radical (unpaired) electrons. The van der Waals surface area contributed by atoms with E-state index in [0.717, 1.165) is 31.5 Å². The second-order valence-corrected chi connectivity index (χ2v) is 9.02. The van der Waals surface area contributed by atoms with E-state index < -0.39 is 5.60 Å². The summed E-state index contributed by atoms with van der Waals surface area (Å²) in [6.07, 6.45) is 4.64. The molecule has 1 atom stereocenters. The van der Waals surface area contributed by atoms with Gasteiger partial charge in [-0.05, 0) is 40.0 Å². The SMILES string of the molecule is CC(C)NC(CCCCn1cc(C(C)(C)C)nn1)C(=O)OC(C)(C)C. The van der Waals surface area contributed by atoms with E-state index in [-0.39, 0.29) is 23.5 Å². The van der Waals surface area contributed by atoms with Gasteiger partial charge in [-0.3, -0.25) is 9.48 Å². The molecule has 25 heavy (non-hydrogen) atoms. The summed E-state index contributed by atoms with van der Waals surface area (Å²) < 4.78 is 7.42. The summed E-state index contributed by atoms with van der Waals surface area (Å²) in [6, 6.07) is -0.0257. The number of unbranched alkanes of at least 4 members (excludes halogenated alkanes) is 1. The molecule has 0 saturated carbocycles. The molecule has 0 aliphatic rings. The standard InChI is InChI=1S/C19H36N4O2/c1-14(2)20-15(17(24)25-19(6,7)8)11-9-10-12-23-13-16(21-22-23)18(3,4)5/h13-15,20H,9-12H2,1-8H3. The zero-order valence-corrected chi connectivity index (χ0v) is 17.2. The van der Waals surface area contributed by atoms with Crippen LogP contribution in [0.2, 0.25) is 0 Å². The highest BCUT2D eigenvalue weighted by atomic mass is 16.6. The highest BCUT2D eigenvalue weighted by Gasteiger charge is 2.25. The molecule has 0 bridgehead atoms. The van der Waals surface area contributed by atoms with Gasteiger partial charge in [0.1, 0.15) is 11.6 Å². The van der Waals surface area contributed by atoms with Crippen LogP contribution in [-0.4, -0.2) is 38.6 Å². The summed E-state index contributed by atoms with van der Waals surface area (Å²) >= 11 is 0. The fourth-order valence-electron chi connectivity index (χ4n) is 2.42. The number of hydrogen-bond donors (Lipinski definition) is 1. The summed E-state index contributed by atoms with van der Waals surface area (Å²) in [7, 11) is 0. The van der Waals surface area contributed by atoms with Gasteiger partial charge in [-0.2, -0.15) is 0 Å². The molecule has 1 rings (SSSR count). The molecule has 6 heteroatoms. The van der Waals surface area contributed by atoms with Crippen molar-refractivity contribution in [3.63, 3.8) is 0 Å². The van der Waals surface area contributed by atoms with E-state index in [9.17, 15) is 4.79 Å². The first-order chi connectivity index (χ1) is 11.4. The largest absolute Gasteiger partial charge is 0.459 e. The molecule has 1 unspecified atom stereocenters. The van der Waals surface area contributed by atoms with Gasteiger partial charge in [0, 0.05) is 24.2 Å². The molecule has 1 heterocycles. The lowest BCUT2D eigenvalue weighted by atomic mass is 9.93. The molecule has 1 aromatic heterocycles. The van der Waals surface area contributed by atoms with Gasteiger partial charge >= 0.3 is 5.97 Å². The van der Waals surface area contributed by atoms with Crippen molar-refractivity contribution in [1.82, 2.24) is 20.3 Å². The van der Waals surface area contributed by atoms with E-state index in [2.05, 4.69) is 36.4 Å². The lowest BCUT2D eigenvalue weighted by Crippen LogP contribution is -2.44. The van der Waals surface area contributed by atoms with Crippen LogP contribution >= 0.6 is 0 Å². The van der Waals surface area contributed by atoms with Gasteiger partial charge in [0.05, 0.1) is 5.69 Å². The fourth-order valence-corrected chi connectivity index (χ4v) is 2.42. The lowest BCUT2D eigenvalue weighted by molar-refractivity contribution is -0.157. The van der Waals surface area contributed by atoms with E-state index in [1.165, 1.54) is 0 Å². The van der Waals surface area contributed by atoms with Crippen LogP contribution in [0.1, 0.15) is 80.3 Å². The summed E-state index contributed by atoms with van der Waals surface area (Å²) in [5.41, 5.74) is 0.555. The molecule has 0 fully saturated rings. The van der Waals surface area contributed by atoms with E-state index in [1.54, 1.807) is 0 Å². The molecule has 1 aromatic rings. The topological polar surface area (TPSA) is 69.0 Å². The number of nitrogens with zero attached hydrogens (tertiary/aromatic N) is 3. The number of carbonyl (C=O) groups is 1. The molecular formula is C19H36N4O2. The minimum absolute atomic E-state index is 0.0151. The van der Waals surface area contributed by atoms with Gasteiger partial charge in [-0.1, -0.05) is 39.8 Å². The van der Waals surface area contributed by atoms with E-state index in [4.69, 9.17) is 4.74 Å². The second kappa shape index (κ2) is 8.79.